The molecule has 0 atom stereocenters. The van der Waals surface area contributed by atoms with Gasteiger partial charge in [0, 0.05) is 38.3 Å². The highest BCUT2D eigenvalue weighted by atomic mass is 15.0. The summed E-state index contributed by atoms with van der Waals surface area (Å²) in [5.41, 5.74) is 1.01. The van der Waals surface area contributed by atoms with Crippen LogP contribution >= 0.6 is 0 Å². The molecule has 0 radical (unpaired) electrons. The number of nitrogens with zero attached hydrogens (tertiary/aromatic N) is 1. The molecule has 0 amide bonds. The number of aromatic nitrogens is 2. The molecule has 2 aromatic heterocycles. The van der Waals surface area contributed by atoms with Crippen LogP contribution < -0.4 is 0 Å². The van der Waals surface area contributed by atoms with Crippen LogP contribution in [-0.2, 0) is 0 Å². The van der Waals surface area contributed by atoms with Crippen molar-refractivity contribution < 1.29 is 19.2 Å². The first-order valence-corrected chi connectivity index (χ1v) is 11.9. The molecule has 0 saturated carbocycles. The number of nitrogens with one attached hydrogen (secondary N) is 1. The van der Waals surface area contributed by atoms with Gasteiger partial charge in [0.1, 0.15) is 0 Å². The minimum absolute atomic E-state index is 0.0580. The van der Waals surface area contributed by atoms with Gasteiger partial charge in [-0.3, -0.25) is 0 Å². The maximum absolute atomic E-state index is 9.45. The predicted octanol–water partition coefficient (Wildman–Crippen LogP) is 9.75. The number of fused-ring (bicyclic) bond motifs is 6. The largest absolute Gasteiger partial charge is 0.355 e. The molecule has 2 heteroatoms. The zero-order chi connectivity index (χ0) is 37.2. The number of hydrogen-bond donors (Lipinski definition) is 1. The third-order valence-electron chi connectivity index (χ3n) is 6.68. The Labute approximate surface area is 240 Å². The molecule has 0 bridgehead atoms. The van der Waals surface area contributed by atoms with Crippen LogP contribution in [0.3, 0.4) is 0 Å². The average molecular weight is 499 g/mol. The maximum Gasteiger partial charge on any atom is 0.0645 e. The zero-order valence-electron chi connectivity index (χ0n) is 33.6. The second-order valence-corrected chi connectivity index (χ2v) is 8.82. The Morgan fingerprint density at radius 3 is 2.24 bits per heavy atom. The minimum atomic E-state index is -0.621. The fourth-order valence-electron chi connectivity index (χ4n) is 5.01. The molecule has 8 rings (SSSR count). The van der Waals surface area contributed by atoms with Crippen LogP contribution in [-0.4, -0.2) is 9.55 Å². The van der Waals surface area contributed by atoms with Crippen molar-refractivity contribution in [3.63, 3.8) is 0 Å². The van der Waals surface area contributed by atoms with E-state index < -0.39 is 84.6 Å². The molecule has 1 N–H and O–H groups in total. The monoisotopic (exact) mass is 498 g/mol. The summed E-state index contributed by atoms with van der Waals surface area (Å²) in [5, 5.41) is -0.433. The highest BCUT2D eigenvalue weighted by molar-refractivity contribution is 6.17. The number of rotatable bonds is 3. The van der Waals surface area contributed by atoms with Crippen LogP contribution in [0.2, 0.25) is 0 Å². The van der Waals surface area contributed by atoms with Gasteiger partial charge in [-0.25, -0.2) is 0 Å². The summed E-state index contributed by atoms with van der Waals surface area (Å²) >= 11 is 0. The molecule has 6 aromatic carbocycles. The summed E-state index contributed by atoms with van der Waals surface area (Å²) in [6.07, 6.45) is 0. The van der Waals surface area contributed by atoms with Crippen molar-refractivity contribution in [2.45, 2.75) is 0 Å². The van der Waals surface area contributed by atoms with Crippen LogP contribution in [0.5, 0.6) is 0 Å². The van der Waals surface area contributed by atoms with E-state index in [1.54, 1.807) is 18.2 Å². The molecule has 0 unspecified atom stereocenters. The number of para-hydroxylation sites is 2. The SMILES string of the molecule is [2H]c1c([2H])c([2H])c2c([nH]c3c([2H])c([2H])c(-c4c([2H])c([2H])c([2H])c5c4c4c([2H])c([2H])c([2H])c([2H])c4n5-c4cccc(-c5ccccc5)c4)c([2H])c32)c1[2H]. The lowest BCUT2D eigenvalue weighted by Crippen LogP contribution is -1.94. The van der Waals surface area contributed by atoms with E-state index in [0.29, 0.717) is 5.69 Å². The molecule has 0 aliphatic rings. The zero-order valence-corrected chi connectivity index (χ0v) is 19.6. The Bertz CT molecular complexity index is 2890. The number of aromatic amines is 1. The van der Waals surface area contributed by atoms with E-state index in [-0.39, 0.29) is 54.7 Å². The number of hydrogen-bond acceptors (Lipinski definition) is 0. The topological polar surface area (TPSA) is 20.7 Å². The summed E-state index contributed by atoms with van der Waals surface area (Å²) in [7, 11) is 0. The molecular formula is C36H24N2. The van der Waals surface area contributed by atoms with E-state index in [1.165, 1.54) is 4.57 Å². The van der Waals surface area contributed by atoms with Crippen molar-refractivity contribution >= 4 is 43.6 Å². The van der Waals surface area contributed by atoms with E-state index in [0.717, 1.165) is 11.1 Å². The van der Waals surface area contributed by atoms with Gasteiger partial charge in [0.2, 0.25) is 0 Å². The summed E-state index contributed by atoms with van der Waals surface area (Å²) in [5.74, 6) is 0. The normalized spacial score (nSPS) is 16.8. The second kappa shape index (κ2) is 8.22. The maximum atomic E-state index is 9.45. The lowest BCUT2D eigenvalue weighted by Gasteiger charge is -2.11. The van der Waals surface area contributed by atoms with Crippen molar-refractivity contribution in [1.82, 2.24) is 9.55 Å². The van der Waals surface area contributed by atoms with Crippen LogP contribution in [0.15, 0.2) is 139 Å². The predicted molar refractivity (Wildman–Crippen MR) is 161 cm³/mol. The van der Waals surface area contributed by atoms with Gasteiger partial charge in [-0.05, 0) is 64.6 Å². The lowest BCUT2D eigenvalue weighted by molar-refractivity contribution is 1.18. The van der Waals surface area contributed by atoms with Gasteiger partial charge in [-0.15, -0.1) is 0 Å². The Kier molecular flexibility index (Phi) is 2.50. The fraction of sp³-hybridized carbons (Fsp3) is 0. The van der Waals surface area contributed by atoms with E-state index in [1.807, 2.05) is 36.4 Å². The van der Waals surface area contributed by atoms with Gasteiger partial charge in [-0.1, -0.05) is 96.8 Å². The molecule has 0 fully saturated rings. The molecule has 0 spiro atoms. The van der Waals surface area contributed by atoms with E-state index in [9.17, 15) is 4.11 Å². The van der Waals surface area contributed by atoms with Gasteiger partial charge in [0.15, 0.2) is 0 Å². The number of H-pyrrole nitrogens is 1. The third kappa shape index (κ3) is 3.14. The van der Waals surface area contributed by atoms with Gasteiger partial charge in [0.25, 0.3) is 0 Å². The fourth-order valence-corrected chi connectivity index (χ4v) is 5.01. The molecule has 2 nitrogen and oxygen atoms in total. The first kappa shape index (κ1) is 11.5. The smallest absolute Gasteiger partial charge is 0.0645 e. The standard InChI is InChI=1S/C36H24N2/c1-2-10-24(11-3-1)25-12-8-13-27(22-25)38-34-18-7-5-15-30(34)36-28(16-9-19-35(36)38)26-20-21-33-31(23-26)29-14-4-6-17-32(29)37-33/h1-23,37H/i4D,5D,6D,7D,9D,14D,15D,16D,17D,18D,19D,20D,21D,23D. The summed E-state index contributed by atoms with van der Waals surface area (Å²) in [6.45, 7) is 0. The molecule has 8 aromatic rings. The Morgan fingerprint density at radius 1 is 0.553 bits per heavy atom. The van der Waals surface area contributed by atoms with E-state index in [2.05, 4.69) is 4.98 Å². The van der Waals surface area contributed by atoms with Crippen LogP contribution in [0.25, 0.3) is 71.6 Å². The molecule has 178 valence electrons. The van der Waals surface area contributed by atoms with Gasteiger partial charge < -0.3 is 9.55 Å². The Balaban J connectivity index is 1.62. The van der Waals surface area contributed by atoms with Gasteiger partial charge in [-0.2, -0.15) is 0 Å². The van der Waals surface area contributed by atoms with Crippen LogP contribution in [0.1, 0.15) is 19.2 Å². The van der Waals surface area contributed by atoms with Crippen molar-refractivity contribution in [3.8, 4) is 27.9 Å². The quantitative estimate of drug-likeness (QED) is 0.250. The second-order valence-electron chi connectivity index (χ2n) is 8.82. The first-order valence-electron chi connectivity index (χ1n) is 18.9. The Hall–Kier alpha value is -5.08. The highest BCUT2D eigenvalue weighted by Gasteiger charge is 2.17. The molecule has 2 heterocycles. The van der Waals surface area contributed by atoms with Gasteiger partial charge in [0.05, 0.1) is 30.2 Å². The minimum Gasteiger partial charge on any atom is -0.355 e. The lowest BCUT2D eigenvalue weighted by atomic mass is 9.98. The first-order chi connectivity index (χ1) is 24.7. The molecule has 38 heavy (non-hydrogen) atoms. The van der Waals surface area contributed by atoms with Crippen molar-refractivity contribution in [2.75, 3.05) is 0 Å². The summed E-state index contributed by atoms with van der Waals surface area (Å²) in [6, 6.07) is 8.98. The van der Waals surface area contributed by atoms with Crippen LogP contribution in [0, 0.1) is 0 Å². The van der Waals surface area contributed by atoms with Gasteiger partial charge >= 0.3 is 0 Å². The van der Waals surface area contributed by atoms with Crippen molar-refractivity contribution in [1.29, 1.82) is 0 Å². The number of benzene rings is 6. The van der Waals surface area contributed by atoms with Crippen LogP contribution in [0.4, 0.5) is 0 Å². The Morgan fingerprint density at radius 2 is 1.32 bits per heavy atom. The third-order valence-corrected chi connectivity index (χ3v) is 6.68. The molecular weight excluding hydrogens is 460 g/mol. The summed E-state index contributed by atoms with van der Waals surface area (Å²) in [4.78, 5) is 2.80. The summed E-state index contributed by atoms with van der Waals surface area (Å²) < 4.78 is 125. The molecule has 0 aliphatic carbocycles. The molecule has 0 saturated heterocycles. The van der Waals surface area contributed by atoms with Crippen molar-refractivity contribution in [2.24, 2.45) is 0 Å². The van der Waals surface area contributed by atoms with E-state index in [4.69, 9.17) is 15.1 Å². The molecule has 0 aliphatic heterocycles. The van der Waals surface area contributed by atoms with E-state index >= 15 is 0 Å². The average Bonchev–Trinajstić information content (AvgIpc) is 3.73. The van der Waals surface area contributed by atoms with Crippen molar-refractivity contribution in [3.05, 3.63) is 139 Å². The highest BCUT2D eigenvalue weighted by Crippen LogP contribution is 2.40.